The molecule has 0 radical (unpaired) electrons. The number of para-hydroxylation sites is 3. The van der Waals surface area contributed by atoms with Gasteiger partial charge in [-0.1, -0.05) is 38.1 Å². The Bertz CT molecular complexity index is 1040. The number of hydrogen-bond acceptors (Lipinski definition) is 5. The molecule has 1 atom stereocenters. The first-order chi connectivity index (χ1) is 13.6. The minimum absolute atomic E-state index is 0.0188. The van der Waals surface area contributed by atoms with Gasteiger partial charge in [0.1, 0.15) is 10.8 Å². The lowest BCUT2D eigenvalue weighted by Crippen LogP contribution is -2.33. The largest absolute Gasteiger partial charge is 0.345 e. The highest BCUT2D eigenvalue weighted by molar-refractivity contribution is 7.99. The fourth-order valence-electron chi connectivity index (χ4n) is 3.10. The summed E-state index contributed by atoms with van der Waals surface area (Å²) in [6.45, 7) is 4.18. The fraction of sp³-hybridized carbons (Fsp3) is 0.286. The second-order valence-corrected chi connectivity index (χ2v) is 9.10. The van der Waals surface area contributed by atoms with Crippen LogP contribution in [0.1, 0.15) is 30.7 Å². The van der Waals surface area contributed by atoms with Gasteiger partial charge >= 0.3 is 0 Å². The zero-order valence-electron chi connectivity index (χ0n) is 15.8. The molecule has 1 unspecified atom stereocenters. The van der Waals surface area contributed by atoms with Gasteiger partial charge in [-0.25, -0.2) is 9.97 Å². The zero-order valence-corrected chi connectivity index (χ0v) is 17.4. The molecule has 4 aromatic rings. The quantitative estimate of drug-likeness (QED) is 0.454. The van der Waals surface area contributed by atoms with Crippen LogP contribution in [-0.2, 0) is 10.5 Å². The van der Waals surface area contributed by atoms with E-state index < -0.39 is 0 Å². The third-order valence-electron chi connectivity index (χ3n) is 4.48. The molecule has 0 aliphatic rings. The SMILES string of the molecule is CC(C)C(NC(=O)CSCc1nc2ccccc2s1)c1nc2ccccc2[nH]1. The Labute approximate surface area is 172 Å². The average Bonchev–Trinajstić information content (AvgIpc) is 3.29. The molecule has 0 aliphatic heterocycles. The van der Waals surface area contributed by atoms with Gasteiger partial charge in [0.05, 0.1) is 33.0 Å². The molecular weight excluding hydrogens is 388 g/mol. The monoisotopic (exact) mass is 410 g/mol. The van der Waals surface area contributed by atoms with Crippen LogP contribution in [0, 0.1) is 5.92 Å². The number of carbonyl (C=O) groups is 1. The normalized spacial score (nSPS) is 12.7. The second-order valence-electron chi connectivity index (χ2n) is 7.00. The maximum Gasteiger partial charge on any atom is 0.230 e. The summed E-state index contributed by atoms with van der Waals surface area (Å²) < 4.78 is 1.19. The number of H-pyrrole nitrogens is 1. The molecule has 4 rings (SSSR count). The van der Waals surface area contributed by atoms with Crippen molar-refractivity contribution in [1.29, 1.82) is 0 Å². The molecule has 2 N–H and O–H groups in total. The third-order valence-corrected chi connectivity index (χ3v) is 6.65. The number of hydrogen-bond donors (Lipinski definition) is 2. The van der Waals surface area contributed by atoms with Gasteiger partial charge in [0, 0.05) is 5.75 Å². The molecule has 0 saturated heterocycles. The highest BCUT2D eigenvalue weighted by Crippen LogP contribution is 2.25. The Morgan fingerprint density at radius 2 is 1.86 bits per heavy atom. The number of benzene rings is 2. The fourth-order valence-corrected chi connectivity index (χ4v) is 4.96. The number of nitrogens with one attached hydrogen (secondary N) is 2. The maximum absolute atomic E-state index is 12.5. The van der Waals surface area contributed by atoms with Crippen molar-refractivity contribution < 1.29 is 4.79 Å². The Balaban J connectivity index is 1.36. The number of thiazole rings is 1. The van der Waals surface area contributed by atoms with E-state index >= 15 is 0 Å². The molecule has 28 heavy (non-hydrogen) atoms. The van der Waals surface area contributed by atoms with Gasteiger partial charge in [-0.2, -0.15) is 0 Å². The molecule has 0 aliphatic carbocycles. The van der Waals surface area contributed by atoms with Crippen LogP contribution < -0.4 is 5.32 Å². The molecule has 5 nitrogen and oxygen atoms in total. The molecule has 0 saturated carbocycles. The molecule has 0 fully saturated rings. The lowest BCUT2D eigenvalue weighted by molar-refractivity contribution is -0.119. The predicted molar refractivity (Wildman–Crippen MR) is 118 cm³/mol. The van der Waals surface area contributed by atoms with Crippen LogP contribution in [0.4, 0.5) is 0 Å². The van der Waals surface area contributed by atoms with Crippen molar-refractivity contribution in [1.82, 2.24) is 20.3 Å². The van der Waals surface area contributed by atoms with E-state index in [2.05, 4.69) is 40.2 Å². The van der Waals surface area contributed by atoms with E-state index in [0.717, 1.165) is 33.1 Å². The summed E-state index contributed by atoms with van der Waals surface area (Å²) in [4.78, 5) is 25.1. The summed E-state index contributed by atoms with van der Waals surface area (Å²) >= 11 is 3.28. The Morgan fingerprint density at radius 1 is 1.11 bits per heavy atom. The van der Waals surface area contributed by atoms with Crippen LogP contribution in [0.2, 0.25) is 0 Å². The Kier molecular flexibility index (Phi) is 5.64. The molecular formula is C21H22N4OS2. The third kappa shape index (κ3) is 4.20. The van der Waals surface area contributed by atoms with Crippen LogP contribution in [0.25, 0.3) is 21.3 Å². The van der Waals surface area contributed by atoms with Gasteiger partial charge in [0.25, 0.3) is 0 Å². The summed E-state index contributed by atoms with van der Waals surface area (Å²) in [5.74, 6) is 2.20. The number of thioether (sulfide) groups is 1. The summed E-state index contributed by atoms with van der Waals surface area (Å²) in [6, 6.07) is 15.9. The Hall–Kier alpha value is -2.38. The average molecular weight is 411 g/mol. The van der Waals surface area contributed by atoms with Gasteiger partial charge in [0.2, 0.25) is 5.91 Å². The molecule has 0 bridgehead atoms. The van der Waals surface area contributed by atoms with E-state index in [1.807, 2.05) is 42.5 Å². The smallest absolute Gasteiger partial charge is 0.230 e. The highest BCUT2D eigenvalue weighted by atomic mass is 32.2. The number of fused-ring (bicyclic) bond motifs is 2. The maximum atomic E-state index is 12.5. The van der Waals surface area contributed by atoms with E-state index in [9.17, 15) is 4.79 Å². The summed E-state index contributed by atoms with van der Waals surface area (Å²) in [5.41, 5.74) is 2.93. The molecule has 2 heterocycles. The van der Waals surface area contributed by atoms with Crippen LogP contribution in [0.5, 0.6) is 0 Å². The number of carbonyl (C=O) groups excluding carboxylic acids is 1. The number of aromatic nitrogens is 3. The Morgan fingerprint density at radius 3 is 2.61 bits per heavy atom. The van der Waals surface area contributed by atoms with Gasteiger partial charge < -0.3 is 10.3 Å². The predicted octanol–water partition coefficient (Wildman–Crippen LogP) is 4.92. The van der Waals surface area contributed by atoms with Crippen molar-refractivity contribution >= 4 is 50.3 Å². The van der Waals surface area contributed by atoms with Gasteiger partial charge in [-0.3, -0.25) is 4.79 Å². The first-order valence-electron chi connectivity index (χ1n) is 9.26. The molecule has 1 amide bonds. The summed E-state index contributed by atoms with van der Waals surface area (Å²) in [7, 11) is 0. The standard InChI is InChI=1S/C21H22N4OS2/c1-13(2)20(21-23-14-7-3-4-8-15(14)24-21)25-18(26)11-27-12-19-22-16-9-5-6-10-17(16)28-19/h3-10,13,20H,11-12H2,1-2H3,(H,23,24)(H,25,26). The zero-order chi connectivity index (χ0) is 19.5. The van der Waals surface area contributed by atoms with Gasteiger partial charge in [-0.05, 0) is 30.2 Å². The first kappa shape index (κ1) is 19.0. The lowest BCUT2D eigenvalue weighted by Gasteiger charge is -2.20. The minimum atomic E-state index is -0.136. The number of nitrogens with zero attached hydrogens (tertiary/aromatic N) is 2. The number of aromatic amines is 1. The van der Waals surface area contributed by atoms with Crippen molar-refractivity contribution in [3.8, 4) is 0 Å². The molecule has 2 aromatic heterocycles. The van der Waals surface area contributed by atoms with E-state index in [1.54, 1.807) is 23.1 Å². The van der Waals surface area contributed by atoms with Crippen molar-refractivity contribution in [2.24, 2.45) is 5.92 Å². The first-order valence-corrected chi connectivity index (χ1v) is 11.2. The highest BCUT2D eigenvalue weighted by Gasteiger charge is 2.21. The van der Waals surface area contributed by atoms with E-state index in [-0.39, 0.29) is 17.9 Å². The van der Waals surface area contributed by atoms with Crippen molar-refractivity contribution in [2.75, 3.05) is 5.75 Å². The number of amides is 1. The summed E-state index contributed by atoms with van der Waals surface area (Å²) in [6.07, 6.45) is 0. The molecule has 7 heteroatoms. The summed E-state index contributed by atoms with van der Waals surface area (Å²) in [5, 5.41) is 4.19. The van der Waals surface area contributed by atoms with Crippen LogP contribution in [-0.4, -0.2) is 26.6 Å². The topological polar surface area (TPSA) is 70.7 Å². The van der Waals surface area contributed by atoms with Crippen molar-refractivity contribution in [3.05, 3.63) is 59.4 Å². The van der Waals surface area contributed by atoms with Gasteiger partial charge in [0.15, 0.2) is 0 Å². The lowest BCUT2D eigenvalue weighted by atomic mass is 10.0. The van der Waals surface area contributed by atoms with Crippen LogP contribution >= 0.6 is 23.1 Å². The van der Waals surface area contributed by atoms with Gasteiger partial charge in [-0.15, -0.1) is 23.1 Å². The van der Waals surface area contributed by atoms with E-state index in [0.29, 0.717) is 5.75 Å². The van der Waals surface area contributed by atoms with E-state index in [1.165, 1.54) is 4.70 Å². The molecule has 2 aromatic carbocycles. The van der Waals surface area contributed by atoms with Crippen molar-refractivity contribution in [2.45, 2.75) is 25.6 Å². The van der Waals surface area contributed by atoms with Crippen LogP contribution in [0.15, 0.2) is 48.5 Å². The molecule has 0 spiro atoms. The molecule has 144 valence electrons. The van der Waals surface area contributed by atoms with Crippen molar-refractivity contribution in [3.63, 3.8) is 0 Å². The number of rotatable bonds is 7. The minimum Gasteiger partial charge on any atom is -0.345 e. The van der Waals surface area contributed by atoms with Crippen LogP contribution in [0.3, 0.4) is 0 Å². The van der Waals surface area contributed by atoms with E-state index in [4.69, 9.17) is 0 Å². The number of imidazole rings is 1. The second kappa shape index (κ2) is 8.32.